The van der Waals surface area contributed by atoms with E-state index in [1.54, 1.807) is 13.1 Å². The van der Waals surface area contributed by atoms with Crippen molar-refractivity contribution in [3.8, 4) is 5.88 Å². The van der Waals surface area contributed by atoms with Gasteiger partial charge >= 0.3 is 0 Å². The highest BCUT2D eigenvalue weighted by Gasteiger charge is 1.99. The van der Waals surface area contributed by atoms with Crippen molar-refractivity contribution < 1.29 is 9.84 Å². The number of methoxy groups -OCH3 is 1. The molecule has 1 aromatic rings. The third kappa shape index (κ3) is 3.25. The Morgan fingerprint density at radius 2 is 2.38 bits per heavy atom. The van der Waals surface area contributed by atoms with Crippen LogP contribution in [0.1, 0.15) is 6.92 Å². The zero-order chi connectivity index (χ0) is 9.68. The molecule has 0 aliphatic heterocycles. The van der Waals surface area contributed by atoms with E-state index in [0.29, 0.717) is 18.2 Å². The van der Waals surface area contributed by atoms with Crippen molar-refractivity contribution in [1.29, 1.82) is 0 Å². The highest BCUT2D eigenvalue weighted by Crippen LogP contribution is 2.07. The van der Waals surface area contributed by atoms with Crippen LogP contribution in [0.15, 0.2) is 12.4 Å². The second kappa shape index (κ2) is 4.61. The van der Waals surface area contributed by atoms with Crippen molar-refractivity contribution >= 4 is 5.82 Å². The summed E-state index contributed by atoms with van der Waals surface area (Å²) in [5.41, 5.74) is 0. The fourth-order valence-electron chi connectivity index (χ4n) is 0.784. The van der Waals surface area contributed by atoms with Gasteiger partial charge in [-0.25, -0.2) is 0 Å². The Balaban J connectivity index is 2.56. The van der Waals surface area contributed by atoms with Gasteiger partial charge in [0.2, 0.25) is 5.88 Å². The van der Waals surface area contributed by atoms with Crippen LogP contribution < -0.4 is 10.1 Å². The lowest BCUT2D eigenvalue weighted by Crippen LogP contribution is -2.16. The number of rotatable bonds is 4. The number of nitrogens with zero attached hydrogens (tertiary/aromatic N) is 2. The Kier molecular flexibility index (Phi) is 3.45. The lowest BCUT2D eigenvalue weighted by Gasteiger charge is -2.07. The molecule has 5 nitrogen and oxygen atoms in total. The monoisotopic (exact) mass is 183 g/mol. The lowest BCUT2D eigenvalue weighted by atomic mass is 10.4. The molecule has 1 heterocycles. The molecular weight excluding hydrogens is 170 g/mol. The predicted molar refractivity (Wildman–Crippen MR) is 48.8 cm³/mol. The second-order valence-electron chi connectivity index (χ2n) is 2.68. The van der Waals surface area contributed by atoms with Gasteiger partial charge in [-0.15, -0.1) is 0 Å². The quantitative estimate of drug-likeness (QED) is 0.701. The van der Waals surface area contributed by atoms with Crippen LogP contribution in [0.2, 0.25) is 0 Å². The minimum atomic E-state index is -0.409. The number of aromatic nitrogens is 2. The molecule has 0 fully saturated rings. The molecule has 0 aliphatic carbocycles. The summed E-state index contributed by atoms with van der Waals surface area (Å²) in [7, 11) is 1.53. The summed E-state index contributed by atoms with van der Waals surface area (Å²) < 4.78 is 4.89. The third-order valence-electron chi connectivity index (χ3n) is 1.40. The molecule has 1 rings (SSSR count). The van der Waals surface area contributed by atoms with Crippen molar-refractivity contribution in [3.63, 3.8) is 0 Å². The van der Waals surface area contributed by atoms with Crippen LogP contribution >= 0.6 is 0 Å². The van der Waals surface area contributed by atoms with E-state index in [1.807, 2.05) is 0 Å². The highest BCUT2D eigenvalue weighted by molar-refractivity contribution is 5.33. The highest BCUT2D eigenvalue weighted by atomic mass is 16.5. The van der Waals surface area contributed by atoms with Gasteiger partial charge in [-0.1, -0.05) is 0 Å². The first-order valence-corrected chi connectivity index (χ1v) is 4.00. The van der Waals surface area contributed by atoms with Crippen molar-refractivity contribution in [2.45, 2.75) is 13.0 Å². The van der Waals surface area contributed by atoms with E-state index in [9.17, 15) is 0 Å². The topological polar surface area (TPSA) is 67.3 Å². The summed E-state index contributed by atoms with van der Waals surface area (Å²) in [6.45, 7) is 2.14. The summed E-state index contributed by atoms with van der Waals surface area (Å²) >= 11 is 0. The number of hydrogen-bond donors (Lipinski definition) is 2. The maximum Gasteiger partial charge on any atom is 0.233 e. The van der Waals surface area contributed by atoms with Gasteiger partial charge in [-0.05, 0) is 6.92 Å². The molecule has 0 bridgehead atoms. The minimum Gasteiger partial charge on any atom is -0.480 e. The first-order chi connectivity index (χ1) is 6.22. The molecule has 0 aromatic carbocycles. The molecule has 5 heteroatoms. The van der Waals surface area contributed by atoms with E-state index in [4.69, 9.17) is 9.84 Å². The van der Waals surface area contributed by atoms with Crippen LogP contribution in [0.3, 0.4) is 0 Å². The molecule has 13 heavy (non-hydrogen) atoms. The van der Waals surface area contributed by atoms with Crippen LogP contribution in [-0.2, 0) is 0 Å². The number of anilines is 1. The molecule has 0 spiro atoms. The maximum atomic E-state index is 9.00. The van der Waals surface area contributed by atoms with Crippen molar-refractivity contribution in [2.24, 2.45) is 0 Å². The van der Waals surface area contributed by atoms with Gasteiger partial charge in [0.25, 0.3) is 0 Å². The van der Waals surface area contributed by atoms with Crippen molar-refractivity contribution in [1.82, 2.24) is 9.97 Å². The van der Waals surface area contributed by atoms with Crippen LogP contribution in [0.5, 0.6) is 5.88 Å². The van der Waals surface area contributed by atoms with Crippen LogP contribution in [0.25, 0.3) is 0 Å². The molecular formula is C8H13N3O2. The average molecular weight is 183 g/mol. The molecule has 0 aliphatic rings. The van der Waals surface area contributed by atoms with Gasteiger partial charge in [0.15, 0.2) is 0 Å². The number of hydrogen-bond acceptors (Lipinski definition) is 5. The van der Waals surface area contributed by atoms with Gasteiger partial charge in [0.1, 0.15) is 5.82 Å². The molecule has 0 saturated carbocycles. The number of aliphatic hydroxyl groups is 1. The van der Waals surface area contributed by atoms with Gasteiger partial charge in [0, 0.05) is 6.54 Å². The summed E-state index contributed by atoms with van der Waals surface area (Å²) in [6.07, 6.45) is 2.69. The summed E-state index contributed by atoms with van der Waals surface area (Å²) in [5, 5.41) is 11.9. The van der Waals surface area contributed by atoms with E-state index >= 15 is 0 Å². The summed E-state index contributed by atoms with van der Waals surface area (Å²) in [4.78, 5) is 7.96. The van der Waals surface area contributed by atoms with Crippen LogP contribution in [0.4, 0.5) is 5.82 Å². The van der Waals surface area contributed by atoms with Crippen molar-refractivity contribution in [3.05, 3.63) is 12.4 Å². The van der Waals surface area contributed by atoms with Crippen molar-refractivity contribution in [2.75, 3.05) is 19.0 Å². The minimum absolute atomic E-state index is 0.409. The van der Waals surface area contributed by atoms with E-state index in [-0.39, 0.29) is 0 Å². The van der Waals surface area contributed by atoms with Gasteiger partial charge in [-0.3, -0.25) is 4.98 Å². The van der Waals surface area contributed by atoms with Gasteiger partial charge in [-0.2, -0.15) is 4.98 Å². The number of aliphatic hydroxyl groups excluding tert-OH is 1. The molecule has 0 radical (unpaired) electrons. The van der Waals surface area contributed by atoms with Gasteiger partial charge in [0.05, 0.1) is 25.6 Å². The molecule has 1 aromatic heterocycles. The average Bonchev–Trinajstić information content (AvgIpc) is 2.15. The standard InChI is InChI=1S/C8H13N3O2/c1-6(12)3-10-7-4-9-5-8(11-7)13-2/h4-6,12H,3H2,1-2H3,(H,10,11). The van der Waals surface area contributed by atoms with Crippen LogP contribution in [0, 0.1) is 0 Å². The molecule has 0 amide bonds. The van der Waals surface area contributed by atoms with Crippen LogP contribution in [-0.4, -0.2) is 34.8 Å². The van der Waals surface area contributed by atoms with E-state index in [1.165, 1.54) is 13.3 Å². The van der Waals surface area contributed by atoms with E-state index in [0.717, 1.165) is 0 Å². The Hall–Kier alpha value is -1.36. The Bertz CT molecular complexity index is 265. The second-order valence-corrected chi connectivity index (χ2v) is 2.68. The molecule has 1 atom stereocenters. The fraction of sp³-hybridized carbons (Fsp3) is 0.500. The molecule has 1 unspecified atom stereocenters. The number of ether oxygens (including phenoxy) is 1. The number of nitrogens with one attached hydrogen (secondary N) is 1. The zero-order valence-corrected chi connectivity index (χ0v) is 7.69. The Labute approximate surface area is 76.8 Å². The molecule has 72 valence electrons. The third-order valence-corrected chi connectivity index (χ3v) is 1.40. The first-order valence-electron chi connectivity index (χ1n) is 4.00. The predicted octanol–water partition coefficient (Wildman–Crippen LogP) is 0.278. The van der Waals surface area contributed by atoms with Gasteiger partial charge < -0.3 is 15.2 Å². The zero-order valence-electron chi connectivity index (χ0n) is 7.69. The van der Waals surface area contributed by atoms with E-state index < -0.39 is 6.10 Å². The normalized spacial score (nSPS) is 12.2. The van der Waals surface area contributed by atoms with E-state index in [2.05, 4.69) is 15.3 Å². The first kappa shape index (κ1) is 9.73. The Morgan fingerprint density at radius 3 is 3.00 bits per heavy atom. The SMILES string of the molecule is COc1cncc(NCC(C)O)n1. The smallest absolute Gasteiger partial charge is 0.233 e. The summed E-state index contributed by atoms with van der Waals surface area (Å²) in [5.74, 6) is 1.05. The molecule has 0 saturated heterocycles. The largest absolute Gasteiger partial charge is 0.480 e. The molecule has 2 N–H and O–H groups in total. The maximum absolute atomic E-state index is 9.00. The summed E-state index contributed by atoms with van der Waals surface area (Å²) in [6, 6.07) is 0. The lowest BCUT2D eigenvalue weighted by molar-refractivity contribution is 0.208. The Morgan fingerprint density at radius 1 is 1.62 bits per heavy atom. The fourth-order valence-corrected chi connectivity index (χ4v) is 0.784.